The number of sulfonamides is 1. The van der Waals surface area contributed by atoms with Crippen molar-refractivity contribution in [2.45, 2.75) is 18.0 Å². The van der Waals surface area contributed by atoms with Gasteiger partial charge in [0.1, 0.15) is 23.3 Å². The Kier molecular flexibility index (Phi) is 7.16. The molecule has 1 amide bonds. The minimum absolute atomic E-state index is 0.00394. The number of benzene rings is 2. The maximum absolute atomic E-state index is 12.2. The molecule has 3 aromatic rings. The summed E-state index contributed by atoms with van der Waals surface area (Å²) in [4.78, 5) is 16.1. The number of carbonyl (C=O) groups excluding carboxylic acids is 1. The zero-order valence-electron chi connectivity index (χ0n) is 17.1. The van der Waals surface area contributed by atoms with Gasteiger partial charge < -0.3 is 10.1 Å². The molecule has 10 heteroatoms. The van der Waals surface area contributed by atoms with Gasteiger partial charge in [-0.3, -0.25) is 4.79 Å². The number of nitrogens with one attached hydrogen (secondary N) is 2. The van der Waals surface area contributed by atoms with Gasteiger partial charge in [-0.2, -0.15) is 5.10 Å². The van der Waals surface area contributed by atoms with Crippen LogP contribution in [-0.2, 0) is 27.9 Å². The van der Waals surface area contributed by atoms with Gasteiger partial charge in [0, 0.05) is 12.6 Å². The summed E-state index contributed by atoms with van der Waals surface area (Å²) < 4.78 is 33.4. The number of hydrogen-bond acceptors (Lipinski definition) is 6. The number of rotatable bonds is 9. The van der Waals surface area contributed by atoms with Crippen LogP contribution in [0.4, 0.5) is 0 Å². The van der Waals surface area contributed by atoms with Crippen LogP contribution in [0.1, 0.15) is 16.7 Å². The lowest BCUT2D eigenvalue weighted by Crippen LogP contribution is -2.20. The van der Waals surface area contributed by atoms with Gasteiger partial charge in [0.15, 0.2) is 0 Å². The van der Waals surface area contributed by atoms with E-state index in [9.17, 15) is 13.2 Å². The average molecular weight is 442 g/mol. The van der Waals surface area contributed by atoms with E-state index in [4.69, 9.17) is 4.74 Å². The number of nitrogens with zero attached hydrogens (tertiary/aromatic N) is 3. The standard InChI is InChI=1S/C21H23N5O4S/c1-22-31(28,29)20-11-16(6-8-19(20)30-2)7-9-21(27)24-12-17-4-3-5-18(10-17)13-26-15-23-14-25-26/h3-11,14-15,22H,12-13H2,1-2H3,(H,24,27). The van der Waals surface area contributed by atoms with Gasteiger partial charge >= 0.3 is 0 Å². The summed E-state index contributed by atoms with van der Waals surface area (Å²) in [6.07, 6.45) is 6.03. The first-order valence-electron chi connectivity index (χ1n) is 9.39. The second kappa shape index (κ2) is 10.0. The molecule has 0 fully saturated rings. The first-order chi connectivity index (χ1) is 14.9. The quantitative estimate of drug-likeness (QED) is 0.487. The van der Waals surface area contributed by atoms with Gasteiger partial charge in [0.25, 0.3) is 0 Å². The summed E-state index contributed by atoms with van der Waals surface area (Å²) in [5, 5.41) is 6.90. The van der Waals surface area contributed by atoms with Crippen LogP contribution < -0.4 is 14.8 Å². The molecule has 31 heavy (non-hydrogen) atoms. The van der Waals surface area contributed by atoms with Gasteiger partial charge in [0.05, 0.1) is 13.7 Å². The van der Waals surface area contributed by atoms with Crippen molar-refractivity contribution in [1.82, 2.24) is 24.8 Å². The van der Waals surface area contributed by atoms with E-state index in [2.05, 4.69) is 20.1 Å². The molecule has 1 aromatic heterocycles. The van der Waals surface area contributed by atoms with Crippen LogP contribution in [0, 0.1) is 0 Å². The molecule has 2 aromatic carbocycles. The molecule has 0 saturated heterocycles. The molecule has 0 unspecified atom stereocenters. The van der Waals surface area contributed by atoms with E-state index in [0.717, 1.165) is 11.1 Å². The van der Waals surface area contributed by atoms with Crippen LogP contribution in [0.15, 0.2) is 66.1 Å². The zero-order valence-corrected chi connectivity index (χ0v) is 18.0. The van der Waals surface area contributed by atoms with Crippen molar-refractivity contribution < 1.29 is 17.9 Å². The van der Waals surface area contributed by atoms with Crippen LogP contribution >= 0.6 is 0 Å². The summed E-state index contributed by atoms with van der Waals surface area (Å²) in [7, 11) is -0.969. The summed E-state index contributed by atoms with van der Waals surface area (Å²) in [6.45, 7) is 0.952. The molecular formula is C21H23N5O4S. The van der Waals surface area contributed by atoms with E-state index < -0.39 is 10.0 Å². The first-order valence-corrected chi connectivity index (χ1v) is 10.9. The van der Waals surface area contributed by atoms with Crippen LogP contribution in [0.5, 0.6) is 5.75 Å². The number of hydrogen-bond donors (Lipinski definition) is 2. The van der Waals surface area contributed by atoms with Crippen LogP contribution in [0.25, 0.3) is 6.08 Å². The van der Waals surface area contributed by atoms with Gasteiger partial charge in [-0.1, -0.05) is 30.3 Å². The van der Waals surface area contributed by atoms with Gasteiger partial charge in [0.2, 0.25) is 15.9 Å². The predicted octanol–water partition coefficient (Wildman–Crippen LogP) is 1.57. The normalized spacial score (nSPS) is 11.5. The molecule has 0 atom stereocenters. The lowest BCUT2D eigenvalue weighted by molar-refractivity contribution is -0.116. The van der Waals surface area contributed by atoms with Crippen molar-refractivity contribution in [2.24, 2.45) is 0 Å². The number of carbonyl (C=O) groups is 1. The van der Waals surface area contributed by atoms with Crippen molar-refractivity contribution in [1.29, 1.82) is 0 Å². The minimum atomic E-state index is -3.69. The van der Waals surface area contributed by atoms with E-state index in [1.807, 2.05) is 24.3 Å². The SMILES string of the molecule is CNS(=O)(=O)c1cc(C=CC(=O)NCc2cccc(Cn3cncn3)c2)ccc1OC. The number of ether oxygens (including phenoxy) is 1. The topological polar surface area (TPSA) is 115 Å². The number of methoxy groups -OCH3 is 1. The average Bonchev–Trinajstić information content (AvgIpc) is 3.29. The predicted molar refractivity (Wildman–Crippen MR) is 116 cm³/mol. The molecule has 0 radical (unpaired) electrons. The highest BCUT2D eigenvalue weighted by Crippen LogP contribution is 2.25. The third-order valence-electron chi connectivity index (χ3n) is 4.44. The Balaban J connectivity index is 1.63. The first kappa shape index (κ1) is 22.2. The molecule has 0 bridgehead atoms. The highest BCUT2D eigenvalue weighted by molar-refractivity contribution is 7.89. The third-order valence-corrected chi connectivity index (χ3v) is 5.88. The van der Waals surface area contributed by atoms with Crippen molar-refractivity contribution in [2.75, 3.05) is 14.2 Å². The Labute approximate surface area is 180 Å². The maximum atomic E-state index is 12.2. The molecule has 0 aliphatic heterocycles. The second-order valence-electron chi connectivity index (χ2n) is 6.58. The van der Waals surface area contributed by atoms with E-state index in [0.29, 0.717) is 18.7 Å². The van der Waals surface area contributed by atoms with Crippen molar-refractivity contribution in [3.05, 3.63) is 77.9 Å². The molecule has 0 aliphatic rings. The number of aromatic nitrogens is 3. The summed E-state index contributed by atoms with van der Waals surface area (Å²) in [5.74, 6) is -0.0720. The summed E-state index contributed by atoms with van der Waals surface area (Å²) in [6, 6.07) is 12.5. The van der Waals surface area contributed by atoms with E-state index >= 15 is 0 Å². The van der Waals surface area contributed by atoms with Crippen molar-refractivity contribution in [3.8, 4) is 5.75 Å². The molecule has 3 rings (SSSR count). The number of amides is 1. The molecule has 162 valence electrons. The highest BCUT2D eigenvalue weighted by atomic mass is 32.2. The fraction of sp³-hybridized carbons (Fsp3) is 0.190. The molecule has 1 heterocycles. The molecule has 0 spiro atoms. The van der Waals surface area contributed by atoms with Gasteiger partial charge in [-0.25, -0.2) is 22.8 Å². The summed E-state index contributed by atoms with van der Waals surface area (Å²) in [5.41, 5.74) is 2.55. The largest absolute Gasteiger partial charge is 0.495 e. The second-order valence-corrected chi connectivity index (χ2v) is 8.44. The lowest BCUT2D eigenvalue weighted by atomic mass is 10.1. The molecule has 0 aliphatic carbocycles. The van der Waals surface area contributed by atoms with Gasteiger partial charge in [-0.05, 0) is 41.9 Å². The van der Waals surface area contributed by atoms with Crippen LogP contribution in [-0.4, -0.2) is 43.2 Å². The Bertz CT molecular complexity index is 1170. The Morgan fingerprint density at radius 2 is 2.00 bits per heavy atom. The molecule has 9 nitrogen and oxygen atoms in total. The minimum Gasteiger partial charge on any atom is -0.495 e. The zero-order chi connectivity index (χ0) is 22.3. The monoisotopic (exact) mass is 441 g/mol. The molecular weight excluding hydrogens is 418 g/mol. The third kappa shape index (κ3) is 6.00. The highest BCUT2D eigenvalue weighted by Gasteiger charge is 2.17. The molecule has 2 N–H and O–H groups in total. The summed E-state index contributed by atoms with van der Waals surface area (Å²) >= 11 is 0. The van der Waals surface area contributed by atoms with E-state index in [1.54, 1.807) is 29.2 Å². The fourth-order valence-corrected chi connectivity index (χ4v) is 3.80. The lowest BCUT2D eigenvalue weighted by Gasteiger charge is -2.09. The Morgan fingerprint density at radius 1 is 1.19 bits per heavy atom. The fourth-order valence-electron chi connectivity index (χ4n) is 2.88. The van der Waals surface area contributed by atoms with Crippen LogP contribution in [0.3, 0.4) is 0 Å². The van der Waals surface area contributed by atoms with Crippen LogP contribution in [0.2, 0.25) is 0 Å². The van der Waals surface area contributed by atoms with E-state index in [1.165, 1.54) is 32.6 Å². The van der Waals surface area contributed by atoms with E-state index in [-0.39, 0.29) is 16.6 Å². The van der Waals surface area contributed by atoms with Crippen molar-refractivity contribution >= 4 is 22.0 Å². The molecule has 0 saturated carbocycles. The Hall–Kier alpha value is -3.50. The Morgan fingerprint density at radius 3 is 2.71 bits per heavy atom. The smallest absolute Gasteiger partial charge is 0.244 e. The van der Waals surface area contributed by atoms with Gasteiger partial charge in [-0.15, -0.1) is 0 Å². The maximum Gasteiger partial charge on any atom is 0.244 e. The van der Waals surface area contributed by atoms with Crippen molar-refractivity contribution in [3.63, 3.8) is 0 Å².